The number of fused-ring (bicyclic) bond motifs is 1. The highest BCUT2D eigenvalue weighted by atomic mass is 35.5. The van der Waals surface area contributed by atoms with Crippen molar-refractivity contribution in [2.24, 2.45) is 5.41 Å². The van der Waals surface area contributed by atoms with E-state index in [-0.39, 0.29) is 22.6 Å². The maximum atomic E-state index is 13.4. The molecule has 2 aromatic carbocycles. The first-order chi connectivity index (χ1) is 16.2. The Bertz CT molecular complexity index is 1380. The van der Waals surface area contributed by atoms with Gasteiger partial charge in [0.05, 0.1) is 5.56 Å². The third-order valence-electron chi connectivity index (χ3n) is 6.21. The average molecular weight is 496 g/mol. The molecule has 5 rings (SSSR count). The van der Waals surface area contributed by atoms with E-state index >= 15 is 0 Å². The quantitative estimate of drug-likeness (QED) is 0.340. The number of rotatable bonds is 4. The lowest BCUT2D eigenvalue weighted by Crippen LogP contribution is -2.37. The maximum absolute atomic E-state index is 13.4. The number of nitrogens with zero attached hydrogens (tertiary/aromatic N) is 1. The molecule has 1 unspecified atom stereocenters. The second-order valence-corrected chi connectivity index (χ2v) is 10.8. The molecule has 2 N–H and O–H groups in total. The van der Waals surface area contributed by atoms with Crippen LogP contribution in [0.25, 0.3) is 0 Å². The van der Waals surface area contributed by atoms with Crippen LogP contribution in [0.4, 0.5) is 10.2 Å². The highest BCUT2D eigenvalue weighted by Gasteiger charge is 2.42. The van der Waals surface area contributed by atoms with Crippen LogP contribution in [0, 0.1) is 11.2 Å². The van der Waals surface area contributed by atoms with Crippen molar-refractivity contribution >= 4 is 35.0 Å². The number of aromatic nitrogens is 2. The first-order valence-electron chi connectivity index (χ1n) is 11.0. The fourth-order valence-electron chi connectivity index (χ4n) is 4.71. The predicted molar refractivity (Wildman–Crippen MR) is 133 cm³/mol. The number of benzene rings is 2. The standard InChI is InChI=1S/C26H23ClFN3O2S/c1-26(2)11-18-21(19(32)12-26)20(16-5-3-4-6-17(16)27)22-23(29-18)30-25(31-24(22)33)34-13-14-7-9-15(28)10-8-14/h3-10,20H,11-13H2,1-2H3,(H2,29,30,31,33). The summed E-state index contributed by atoms with van der Waals surface area (Å²) in [7, 11) is 0. The Balaban J connectivity index is 1.59. The van der Waals surface area contributed by atoms with Gasteiger partial charge >= 0.3 is 0 Å². The monoisotopic (exact) mass is 495 g/mol. The topological polar surface area (TPSA) is 74.8 Å². The summed E-state index contributed by atoms with van der Waals surface area (Å²) in [5.41, 5.74) is 2.90. The normalized spacial score (nSPS) is 18.8. The molecule has 5 nitrogen and oxygen atoms in total. The predicted octanol–water partition coefficient (Wildman–Crippen LogP) is 6.06. The smallest absolute Gasteiger partial charge is 0.257 e. The fourth-order valence-corrected chi connectivity index (χ4v) is 5.78. The van der Waals surface area contributed by atoms with Crippen LogP contribution in [-0.2, 0) is 10.5 Å². The zero-order valence-corrected chi connectivity index (χ0v) is 20.3. The average Bonchev–Trinajstić information content (AvgIpc) is 2.77. The third kappa shape index (κ3) is 4.30. The summed E-state index contributed by atoms with van der Waals surface area (Å²) in [5.74, 6) is 0.104. The number of halogens is 2. The van der Waals surface area contributed by atoms with Gasteiger partial charge < -0.3 is 10.3 Å². The number of ketones is 1. The summed E-state index contributed by atoms with van der Waals surface area (Å²) in [6, 6.07) is 13.5. The molecule has 0 fully saturated rings. The van der Waals surface area contributed by atoms with E-state index in [2.05, 4.69) is 24.1 Å². The van der Waals surface area contributed by atoms with Crippen molar-refractivity contribution in [1.29, 1.82) is 0 Å². The molecule has 0 amide bonds. The summed E-state index contributed by atoms with van der Waals surface area (Å²) < 4.78 is 13.2. The van der Waals surface area contributed by atoms with Crippen LogP contribution >= 0.6 is 23.4 Å². The number of allylic oxidation sites excluding steroid dienone is 2. The van der Waals surface area contributed by atoms with Gasteiger partial charge in [-0.3, -0.25) is 9.59 Å². The number of thioether (sulfide) groups is 1. The molecule has 0 spiro atoms. The van der Waals surface area contributed by atoms with E-state index in [0.717, 1.165) is 11.3 Å². The largest absolute Gasteiger partial charge is 0.343 e. The Hall–Kier alpha value is -2.90. The van der Waals surface area contributed by atoms with Crippen molar-refractivity contribution in [2.45, 2.75) is 43.5 Å². The lowest BCUT2D eigenvalue weighted by molar-refractivity contribution is -0.118. The number of carbonyl (C=O) groups is 1. The molecule has 8 heteroatoms. The minimum Gasteiger partial charge on any atom is -0.343 e. The van der Waals surface area contributed by atoms with Gasteiger partial charge in [-0.25, -0.2) is 9.37 Å². The van der Waals surface area contributed by atoms with Crippen molar-refractivity contribution in [2.75, 3.05) is 5.32 Å². The zero-order valence-electron chi connectivity index (χ0n) is 18.7. The van der Waals surface area contributed by atoms with E-state index in [0.29, 0.717) is 51.3 Å². The second kappa shape index (κ2) is 8.71. The van der Waals surface area contributed by atoms with Crippen LogP contribution in [-0.4, -0.2) is 15.8 Å². The Morgan fingerprint density at radius 1 is 1.12 bits per heavy atom. The molecule has 0 radical (unpaired) electrons. The molecule has 2 aliphatic rings. The van der Waals surface area contributed by atoms with E-state index in [1.807, 2.05) is 18.2 Å². The number of Topliss-reactive ketones (excluding diaryl/α,β-unsaturated/α-hetero) is 1. The zero-order chi connectivity index (χ0) is 24.0. The summed E-state index contributed by atoms with van der Waals surface area (Å²) in [4.78, 5) is 34.3. The highest BCUT2D eigenvalue weighted by Crippen LogP contribution is 2.48. The van der Waals surface area contributed by atoms with E-state index < -0.39 is 5.92 Å². The minimum absolute atomic E-state index is 0.0171. The first-order valence-corrected chi connectivity index (χ1v) is 12.4. The van der Waals surface area contributed by atoms with E-state index in [1.54, 1.807) is 18.2 Å². The number of aromatic amines is 1. The Morgan fingerprint density at radius 3 is 2.59 bits per heavy atom. The first kappa shape index (κ1) is 22.9. The van der Waals surface area contributed by atoms with Gasteiger partial charge in [-0.15, -0.1) is 0 Å². The second-order valence-electron chi connectivity index (χ2n) is 9.46. The van der Waals surface area contributed by atoms with Crippen molar-refractivity contribution in [3.8, 4) is 0 Å². The number of H-pyrrole nitrogens is 1. The summed E-state index contributed by atoms with van der Waals surface area (Å²) in [6.45, 7) is 4.12. The van der Waals surface area contributed by atoms with Gasteiger partial charge in [0.25, 0.3) is 5.56 Å². The van der Waals surface area contributed by atoms with E-state index in [4.69, 9.17) is 16.6 Å². The molecule has 1 aliphatic carbocycles. The van der Waals surface area contributed by atoms with Gasteiger partial charge in [0.15, 0.2) is 10.9 Å². The van der Waals surface area contributed by atoms with Gasteiger partial charge in [-0.1, -0.05) is 67.5 Å². The molecule has 1 aromatic heterocycles. The van der Waals surface area contributed by atoms with Crippen LogP contribution in [0.15, 0.2) is 69.8 Å². The number of hydrogen-bond acceptors (Lipinski definition) is 5. The van der Waals surface area contributed by atoms with Gasteiger partial charge in [-0.05, 0) is 41.2 Å². The van der Waals surface area contributed by atoms with Crippen molar-refractivity contribution in [1.82, 2.24) is 9.97 Å². The van der Waals surface area contributed by atoms with Gasteiger partial charge in [0.2, 0.25) is 0 Å². The van der Waals surface area contributed by atoms with Crippen LogP contribution in [0.5, 0.6) is 0 Å². The molecular weight excluding hydrogens is 473 g/mol. The van der Waals surface area contributed by atoms with Crippen LogP contribution in [0.3, 0.4) is 0 Å². The molecule has 1 atom stereocenters. The Morgan fingerprint density at radius 2 is 1.85 bits per heavy atom. The van der Waals surface area contributed by atoms with Crippen LogP contribution in [0.1, 0.15) is 49.3 Å². The molecule has 1 aliphatic heterocycles. The lowest BCUT2D eigenvalue weighted by Gasteiger charge is -2.38. The molecule has 3 aromatic rings. The van der Waals surface area contributed by atoms with Crippen molar-refractivity contribution in [3.63, 3.8) is 0 Å². The SMILES string of the molecule is CC1(C)CC(=O)C2=C(C1)Nc1nc(SCc3ccc(F)cc3)[nH]c(=O)c1C2c1ccccc1Cl. The van der Waals surface area contributed by atoms with Crippen molar-refractivity contribution in [3.05, 3.63) is 97.7 Å². The Labute approximate surface area is 205 Å². The van der Waals surface area contributed by atoms with Crippen LogP contribution in [0.2, 0.25) is 5.02 Å². The highest BCUT2D eigenvalue weighted by molar-refractivity contribution is 7.98. The lowest BCUT2D eigenvalue weighted by atomic mass is 9.69. The molecule has 34 heavy (non-hydrogen) atoms. The number of carbonyl (C=O) groups excluding carboxylic acids is 1. The van der Waals surface area contributed by atoms with E-state index in [1.165, 1.54) is 23.9 Å². The van der Waals surface area contributed by atoms with Crippen LogP contribution < -0.4 is 10.9 Å². The minimum atomic E-state index is -0.587. The number of hydrogen-bond donors (Lipinski definition) is 2. The molecule has 0 saturated heterocycles. The van der Waals surface area contributed by atoms with E-state index in [9.17, 15) is 14.0 Å². The summed E-state index contributed by atoms with van der Waals surface area (Å²) >= 11 is 7.91. The van der Waals surface area contributed by atoms with Gasteiger partial charge in [-0.2, -0.15) is 0 Å². The summed E-state index contributed by atoms with van der Waals surface area (Å²) in [6.07, 6.45) is 1.07. The third-order valence-corrected chi connectivity index (χ3v) is 7.49. The Kier molecular flexibility index (Phi) is 5.86. The molecule has 0 saturated carbocycles. The molecular formula is C26H23ClFN3O2S. The van der Waals surface area contributed by atoms with Crippen molar-refractivity contribution < 1.29 is 9.18 Å². The number of nitrogens with one attached hydrogen (secondary N) is 2. The van der Waals surface area contributed by atoms with Gasteiger partial charge in [0, 0.05) is 34.4 Å². The van der Waals surface area contributed by atoms with Gasteiger partial charge in [0.1, 0.15) is 11.6 Å². The molecule has 174 valence electrons. The fraction of sp³-hybridized carbons (Fsp3) is 0.269. The molecule has 0 bridgehead atoms. The maximum Gasteiger partial charge on any atom is 0.257 e. The molecule has 2 heterocycles. The summed E-state index contributed by atoms with van der Waals surface area (Å²) in [5, 5.41) is 4.26. The number of anilines is 1.